The van der Waals surface area contributed by atoms with E-state index < -0.39 is 22.7 Å². The van der Waals surface area contributed by atoms with Gasteiger partial charge in [0.15, 0.2) is 17.0 Å². The fourth-order valence-corrected chi connectivity index (χ4v) is 4.53. The van der Waals surface area contributed by atoms with E-state index in [0.717, 1.165) is 10.8 Å². The summed E-state index contributed by atoms with van der Waals surface area (Å²) in [4.78, 5) is 16.4. The number of hydrogen-bond acceptors (Lipinski definition) is 8. The monoisotopic (exact) mass is 449 g/mol. The van der Waals surface area contributed by atoms with Crippen LogP contribution in [0.2, 0.25) is 0 Å². The van der Waals surface area contributed by atoms with E-state index in [2.05, 4.69) is 15.0 Å². The van der Waals surface area contributed by atoms with Gasteiger partial charge in [-0.05, 0) is 0 Å². The fraction of sp³-hybridized carbons (Fsp3) is 0.688. The highest BCUT2D eigenvalue weighted by Crippen LogP contribution is 2.31. The Kier molecular flexibility index (Phi) is 5.48. The molecule has 2 aromatic rings. The maximum absolute atomic E-state index is 13.3. The zero-order chi connectivity index (χ0) is 21.5. The molecule has 30 heavy (non-hydrogen) atoms. The van der Waals surface area contributed by atoms with Crippen LogP contribution in [0.15, 0.2) is 6.33 Å². The van der Waals surface area contributed by atoms with Gasteiger partial charge >= 0.3 is 6.18 Å². The van der Waals surface area contributed by atoms with Crippen LogP contribution >= 0.6 is 0 Å². The highest BCUT2D eigenvalue weighted by atomic mass is 32.2. The van der Waals surface area contributed by atoms with Gasteiger partial charge < -0.3 is 14.5 Å². The molecule has 0 aliphatic carbocycles. The van der Waals surface area contributed by atoms with Gasteiger partial charge in [-0.1, -0.05) is 0 Å². The standard InChI is InChI=1S/C16H22F3N7O3S/c1-30(27,28)25-4-2-24(3-5-25)15-22-12-13(23-6-8-29-9-7-23)20-11-21-14(12)26(15)10-16(17,18)19/h11H,2-10H2,1H3. The van der Waals surface area contributed by atoms with Gasteiger partial charge in [0, 0.05) is 39.3 Å². The van der Waals surface area contributed by atoms with Gasteiger partial charge in [-0.2, -0.15) is 17.5 Å². The normalized spacial score (nSPS) is 19.6. The van der Waals surface area contributed by atoms with Gasteiger partial charge in [0.1, 0.15) is 12.9 Å². The molecular weight excluding hydrogens is 427 g/mol. The Bertz CT molecular complexity index is 1010. The summed E-state index contributed by atoms with van der Waals surface area (Å²) in [5.41, 5.74) is 0.397. The van der Waals surface area contributed by atoms with Crippen molar-refractivity contribution >= 4 is 33.0 Å². The molecule has 4 rings (SSSR count). The first-order chi connectivity index (χ1) is 14.1. The van der Waals surface area contributed by atoms with Crippen LogP contribution < -0.4 is 9.80 Å². The highest BCUT2D eigenvalue weighted by molar-refractivity contribution is 7.88. The van der Waals surface area contributed by atoms with Crippen molar-refractivity contribution in [2.45, 2.75) is 12.7 Å². The third-order valence-corrected chi connectivity index (χ3v) is 6.43. The maximum Gasteiger partial charge on any atom is 0.406 e. The number of aromatic nitrogens is 4. The zero-order valence-electron chi connectivity index (χ0n) is 16.3. The van der Waals surface area contributed by atoms with Crippen molar-refractivity contribution < 1.29 is 26.3 Å². The summed E-state index contributed by atoms with van der Waals surface area (Å²) < 4.78 is 71.2. The first-order valence-electron chi connectivity index (χ1n) is 9.44. The molecule has 2 aliphatic heterocycles. The number of sulfonamides is 1. The Balaban J connectivity index is 1.73. The second-order valence-electron chi connectivity index (χ2n) is 7.23. The van der Waals surface area contributed by atoms with Gasteiger partial charge in [-0.25, -0.2) is 23.4 Å². The number of nitrogens with zero attached hydrogens (tertiary/aromatic N) is 7. The van der Waals surface area contributed by atoms with E-state index in [1.165, 1.54) is 10.6 Å². The Morgan fingerprint density at radius 2 is 1.70 bits per heavy atom. The summed E-state index contributed by atoms with van der Waals surface area (Å²) in [6, 6.07) is 0. The first-order valence-corrected chi connectivity index (χ1v) is 11.3. The molecule has 2 aromatic heterocycles. The maximum atomic E-state index is 13.3. The van der Waals surface area contributed by atoms with Gasteiger partial charge in [-0.15, -0.1) is 0 Å². The second kappa shape index (κ2) is 7.81. The third kappa shape index (κ3) is 4.30. The molecule has 2 fully saturated rings. The van der Waals surface area contributed by atoms with E-state index in [0.29, 0.717) is 37.6 Å². The van der Waals surface area contributed by atoms with Crippen LogP contribution in [0.1, 0.15) is 0 Å². The number of imidazole rings is 1. The Morgan fingerprint density at radius 3 is 2.30 bits per heavy atom. The van der Waals surface area contributed by atoms with Crippen LogP contribution in [-0.2, 0) is 21.3 Å². The molecular formula is C16H22F3N7O3S. The van der Waals surface area contributed by atoms with Crippen LogP contribution in [0.5, 0.6) is 0 Å². The molecule has 0 aromatic carbocycles. The van der Waals surface area contributed by atoms with E-state index in [4.69, 9.17) is 4.74 Å². The quantitative estimate of drug-likeness (QED) is 0.658. The van der Waals surface area contributed by atoms with Crippen LogP contribution in [0.4, 0.5) is 24.9 Å². The molecule has 0 saturated carbocycles. The molecule has 0 spiro atoms. The number of rotatable bonds is 4. The molecule has 0 N–H and O–H groups in total. The topological polar surface area (TPSA) is 96.7 Å². The number of morpholine rings is 1. The minimum absolute atomic E-state index is 0.101. The number of hydrogen-bond donors (Lipinski definition) is 0. The van der Waals surface area contributed by atoms with E-state index >= 15 is 0 Å². The van der Waals surface area contributed by atoms with Crippen LogP contribution in [0.3, 0.4) is 0 Å². The summed E-state index contributed by atoms with van der Waals surface area (Å²) in [6.45, 7) is 1.67. The van der Waals surface area contributed by atoms with Crippen molar-refractivity contribution in [1.82, 2.24) is 23.8 Å². The summed E-state index contributed by atoms with van der Waals surface area (Å²) in [6.07, 6.45) is -2.11. The van der Waals surface area contributed by atoms with E-state index in [9.17, 15) is 21.6 Å². The zero-order valence-corrected chi connectivity index (χ0v) is 17.2. The lowest BCUT2D eigenvalue weighted by Crippen LogP contribution is -2.49. The first kappa shape index (κ1) is 21.1. The molecule has 14 heteroatoms. The van der Waals surface area contributed by atoms with Crippen LogP contribution in [0, 0.1) is 0 Å². The number of anilines is 2. The summed E-state index contributed by atoms with van der Waals surface area (Å²) >= 11 is 0. The third-order valence-electron chi connectivity index (χ3n) is 5.13. The number of halogens is 3. The number of piperazine rings is 1. The lowest BCUT2D eigenvalue weighted by molar-refractivity contribution is -0.139. The van der Waals surface area contributed by atoms with Crippen LogP contribution in [0.25, 0.3) is 11.2 Å². The lowest BCUT2D eigenvalue weighted by Gasteiger charge is -2.34. The van der Waals surface area contributed by atoms with Crippen molar-refractivity contribution in [3.63, 3.8) is 0 Å². The SMILES string of the molecule is CS(=O)(=O)N1CCN(c2nc3c(N4CCOCC4)ncnc3n2CC(F)(F)F)CC1. The van der Waals surface area contributed by atoms with Crippen molar-refractivity contribution in [3.8, 4) is 0 Å². The molecule has 166 valence electrons. The molecule has 4 heterocycles. The molecule has 0 bridgehead atoms. The summed E-state index contributed by atoms with van der Waals surface area (Å²) in [7, 11) is -3.36. The largest absolute Gasteiger partial charge is 0.406 e. The minimum atomic E-state index is -4.47. The molecule has 2 saturated heterocycles. The van der Waals surface area contributed by atoms with E-state index in [1.807, 2.05) is 4.90 Å². The Hall–Kier alpha value is -2.19. The van der Waals surface area contributed by atoms with Gasteiger partial charge in [-0.3, -0.25) is 4.57 Å². The predicted octanol–water partition coefficient (Wildman–Crippen LogP) is 0.307. The molecule has 0 atom stereocenters. The Morgan fingerprint density at radius 1 is 1.03 bits per heavy atom. The number of fused-ring (bicyclic) bond motifs is 1. The molecule has 0 unspecified atom stereocenters. The van der Waals surface area contributed by atoms with Crippen molar-refractivity contribution in [1.29, 1.82) is 0 Å². The minimum Gasteiger partial charge on any atom is -0.378 e. The average molecular weight is 449 g/mol. The van der Waals surface area contributed by atoms with Gasteiger partial charge in [0.25, 0.3) is 0 Å². The Labute approximate surface area is 171 Å². The van der Waals surface area contributed by atoms with E-state index in [1.54, 1.807) is 4.90 Å². The number of alkyl halides is 3. The summed E-state index contributed by atoms with van der Waals surface area (Å²) in [5, 5.41) is 0. The van der Waals surface area contributed by atoms with Crippen molar-refractivity contribution in [2.24, 2.45) is 0 Å². The smallest absolute Gasteiger partial charge is 0.378 e. The van der Waals surface area contributed by atoms with E-state index in [-0.39, 0.29) is 37.8 Å². The lowest BCUT2D eigenvalue weighted by atomic mass is 10.3. The average Bonchev–Trinajstić information content (AvgIpc) is 3.05. The van der Waals surface area contributed by atoms with Crippen LogP contribution in [-0.4, -0.2) is 97.2 Å². The fourth-order valence-electron chi connectivity index (χ4n) is 3.71. The molecule has 10 nitrogen and oxygen atoms in total. The van der Waals surface area contributed by atoms with Gasteiger partial charge in [0.2, 0.25) is 16.0 Å². The predicted molar refractivity (Wildman–Crippen MR) is 103 cm³/mol. The second-order valence-corrected chi connectivity index (χ2v) is 9.21. The van der Waals surface area contributed by atoms with Gasteiger partial charge in [0.05, 0.1) is 19.5 Å². The van der Waals surface area contributed by atoms with Crippen molar-refractivity contribution in [3.05, 3.63) is 6.33 Å². The molecule has 2 aliphatic rings. The molecule has 0 radical (unpaired) electrons. The summed E-state index contributed by atoms with van der Waals surface area (Å²) in [5.74, 6) is 0.589. The molecule has 0 amide bonds. The van der Waals surface area contributed by atoms with Crippen molar-refractivity contribution in [2.75, 3.05) is 68.5 Å². The number of ether oxygens (including phenoxy) is 1. The highest BCUT2D eigenvalue weighted by Gasteiger charge is 2.34.